The van der Waals surface area contributed by atoms with E-state index in [0.717, 1.165) is 18.9 Å². The standard InChI is InChI=1S/C15H23FN2O2/c1-4-10(5-2)13(17)9-18-15(19)11-6-7-14(20-3)12(16)8-11/h6-8,10,13H,4-5,9,17H2,1-3H3,(H,18,19). The molecule has 0 bridgehead atoms. The van der Waals surface area contributed by atoms with Crippen molar-refractivity contribution in [2.24, 2.45) is 11.7 Å². The van der Waals surface area contributed by atoms with Crippen LogP contribution in [0.5, 0.6) is 5.75 Å². The molecule has 1 aromatic carbocycles. The first kappa shape index (κ1) is 16.4. The molecule has 0 heterocycles. The fourth-order valence-corrected chi connectivity index (χ4v) is 2.18. The molecule has 1 aromatic rings. The van der Waals surface area contributed by atoms with Gasteiger partial charge in [-0.05, 0) is 24.1 Å². The maximum atomic E-state index is 13.5. The maximum Gasteiger partial charge on any atom is 0.251 e. The molecule has 0 radical (unpaired) electrons. The number of hydrogen-bond donors (Lipinski definition) is 2. The summed E-state index contributed by atoms with van der Waals surface area (Å²) in [6.07, 6.45) is 1.95. The third-order valence-electron chi connectivity index (χ3n) is 3.57. The molecule has 1 atom stereocenters. The van der Waals surface area contributed by atoms with Gasteiger partial charge >= 0.3 is 0 Å². The largest absolute Gasteiger partial charge is 0.494 e. The number of rotatable bonds is 7. The lowest BCUT2D eigenvalue weighted by molar-refractivity contribution is 0.0947. The summed E-state index contributed by atoms with van der Waals surface area (Å²) in [7, 11) is 1.38. The number of benzene rings is 1. The van der Waals surface area contributed by atoms with Crippen LogP contribution in [0.2, 0.25) is 0 Å². The third kappa shape index (κ3) is 4.20. The zero-order valence-corrected chi connectivity index (χ0v) is 12.3. The molecule has 0 aliphatic heterocycles. The van der Waals surface area contributed by atoms with E-state index in [1.165, 1.54) is 19.2 Å². The average Bonchev–Trinajstić information content (AvgIpc) is 2.45. The first-order chi connectivity index (χ1) is 9.53. The fourth-order valence-electron chi connectivity index (χ4n) is 2.18. The SMILES string of the molecule is CCC(CC)C(N)CNC(=O)c1ccc(OC)c(F)c1. The Morgan fingerprint density at radius 1 is 1.40 bits per heavy atom. The minimum absolute atomic E-state index is 0.0861. The van der Waals surface area contributed by atoms with Crippen molar-refractivity contribution >= 4 is 5.91 Å². The van der Waals surface area contributed by atoms with Crippen LogP contribution in [0.4, 0.5) is 4.39 Å². The number of nitrogens with two attached hydrogens (primary N) is 1. The summed E-state index contributed by atoms with van der Waals surface area (Å²) in [6.45, 7) is 4.54. The molecule has 1 unspecified atom stereocenters. The molecular weight excluding hydrogens is 259 g/mol. The smallest absolute Gasteiger partial charge is 0.251 e. The molecule has 0 aliphatic carbocycles. The first-order valence-corrected chi connectivity index (χ1v) is 6.90. The lowest BCUT2D eigenvalue weighted by Crippen LogP contribution is -2.41. The van der Waals surface area contributed by atoms with Crippen LogP contribution in [0.3, 0.4) is 0 Å². The van der Waals surface area contributed by atoms with Crippen molar-refractivity contribution in [3.8, 4) is 5.75 Å². The number of nitrogens with one attached hydrogen (secondary N) is 1. The Kier molecular flexibility index (Phi) is 6.45. The first-order valence-electron chi connectivity index (χ1n) is 6.90. The van der Waals surface area contributed by atoms with E-state index < -0.39 is 5.82 Å². The van der Waals surface area contributed by atoms with Gasteiger partial charge in [-0.3, -0.25) is 4.79 Å². The summed E-state index contributed by atoms with van der Waals surface area (Å²) in [5, 5.41) is 2.74. The van der Waals surface area contributed by atoms with Gasteiger partial charge in [0.05, 0.1) is 7.11 Å². The highest BCUT2D eigenvalue weighted by Crippen LogP contribution is 2.17. The van der Waals surface area contributed by atoms with Gasteiger partial charge in [-0.15, -0.1) is 0 Å². The van der Waals surface area contributed by atoms with E-state index in [1.807, 2.05) is 0 Å². The molecule has 1 amide bonds. The van der Waals surface area contributed by atoms with Gasteiger partial charge in [0.1, 0.15) is 0 Å². The zero-order valence-electron chi connectivity index (χ0n) is 12.3. The molecule has 0 aliphatic rings. The topological polar surface area (TPSA) is 64.3 Å². The zero-order chi connectivity index (χ0) is 15.1. The van der Waals surface area contributed by atoms with Gasteiger partial charge in [-0.2, -0.15) is 0 Å². The Bertz CT molecular complexity index is 447. The number of methoxy groups -OCH3 is 1. The molecule has 0 saturated heterocycles. The average molecular weight is 282 g/mol. The van der Waals surface area contributed by atoms with Gasteiger partial charge in [0, 0.05) is 18.2 Å². The van der Waals surface area contributed by atoms with Crippen molar-refractivity contribution in [3.63, 3.8) is 0 Å². The van der Waals surface area contributed by atoms with Gasteiger partial charge in [-0.25, -0.2) is 4.39 Å². The van der Waals surface area contributed by atoms with Crippen molar-refractivity contribution in [1.82, 2.24) is 5.32 Å². The number of halogens is 1. The molecule has 112 valence electrons. The van der Waals surface area contributed by atoms with Crippen molar-refractivity contribution < 1.29 is 13.9 Å². The van der Waals surface area contributed by atoms with Crippen LogP contribution in [-0.4, -0.2) is 25.6 Å². The van der Waals surface area contributed by atoms with E-state index in [1.54, 1.807) is 0 Å². The van der Waals surface area contributed by atoms with Crippen LogP contribution in [0, 0.1) is 11.7 Å². The number of carbonyl (C=O) groups is 1. The second kappa shape index (κ2) is 7.85. The van der Waals surface area contributed by atoms with Gasteiger partial charge in [0.15, 0.2) is 11.6 Å². The van der Waals surface area contributed by atoms with Crippen LogP contribution >= 0.6 is 0 Å². The second-order valence-corrected chi connectivity index (χ2v) is 4.80. The number of hydrogen-bond acceptors (Lipinski definition) is 3. The summed E-state index contributed by atoms with van der Waals surface area (Å²) in [5.74, 6) is -0.379. The van der Waals surface area contributed by atoms with Crippen molar-refractivity contribution in [2.75, 3.05) is 13.7 Å². The quantitative estimate of drug-likeness (QED) is 0.806. The van der Waals surface area contributed by atoms with Crippen molar-refractivity contribution in [2.45, 2.75) is 32.7 Å². The highest BCUT2D eigenvalue weighted by molar-refractivity contribution is 5.94. The van der Waals surface area contributed by atoms with Gasteiger partial charge in [0.2, 0.25) is 0 Å². The highest BCUT2D eigenvalue weighted by atomic mass is 19.1. The van der Waals surface area contributed by atoms with Gasteiger partial charge < -0.3 is 15.8 Å². The molecule has 5 heteroatoms. The molecule has 20 heavy (non-hydrogen) atoms. The lowest BCUT2D eigenvalue weighted by atomic mass is 9.95. The third-order valence-corrected chi connectivity index (χ3v) is 3.57. The van der Waals surface area contributed by atoms with Crippen molar-refractivity contribution in [3.05, 3.63) is 29.6 Å². The lowest BCUT2D eigenvalue weighted by Gasteiger charge is -2.21. The molecule has 0 aromatic heterocycles. The summed E-state index contributed by atoms with van der Waals surface area (Å²) in [6, 6.07) is 4.04. The van der Waals surface area contributed by atoms with E-state index in [-0.39, 0.29) is 23.3 Å². The molecular formula is C15H23FN2O2. The van der Waals surface area contributed by atoms with Crippen LogP contribution in [-0.2, 0) is 0 Å². The Morgan fingerprint density at radius 2 is 2.05 bits per heavy atom. The van der Waals surface area contributed by atoms with E-state index in [2.05, 4.69) is 19.2 Å². The van der Waals surface area contributed by atoms with Crippen LogP contribution in [0.25, 0.3) is 0 Å². The Labute approximate surface area is 119 Å². The Hall–Kier alpha value is -1.62. The molecule has 3 N–H and O–H groups in total. The molecule has 4 nitrogen and oxygen atoms in total. The summed E-state index contributed by atoms with van der Waals surface area (Å²) in [4.78, 5) is 11.9. The monoisotopic (exact) mass is 282 g/mol. The van der Waals surface area contributed by atoms with Crippen molar-refractivity contribution in [1.29, 1.82) is 0 Å². The van der Waals surface area contributed by atoms with E-state index in [0.29, 0.717) is 12.5 Å². The predicted molar refractivity (Wildman–Crippen MR) is 77.3 cm³/mol. The van der Waals surface area contributed by atoms with E-state index >= 15 is 0 Å². The normalized spacial score (nSPS) is 12.3. The minimum Gasteiger partial charge on any atom is -0.494 e. The Morgan fingerprint density at radius 3 is 2.55 bits per heavy atom. The van der Waals surface area contributed by atoms with Crippen LogP contribution in [0.1, 0.15) is 37.0 Å². The number of amides is 1. The summed E-state index contributed by atoms with van der Waals surface area (Å²) >= 11 is 0. The fraction of sp³-hybridized carbons (Fsp3) is 0.533. The van der Waals surface area contributed by atoms with Gasteiger partial charge in [-0.1, -0.05) is 26.7 Å². The Balaban J connectivity index is 2.61. The highest BCUT2D eigenvalue weighted by Gasteiger charge is 2.16. The summed E-state index contributed by atoms with van der Waals surface area (Å²) < 4.78 is 18.3. The molecule has 0 spiro atoms. The number of carbonyl (C=O) groups excluding carboxylic acids is 1. The van der Waals surface area contributed by atoms with Crippen LogP contribution < -0.4 is 15.8 Å². The second-order valence-electron chi connectivity index (χ2n) is 4.80. The number of ether oxygens (including phenoxy) is 1. The van der Waals surface area contributed by atoms with E-state index in [9.17, 15) is 9.18 Å². The molecule has 1 rings (SSSR count). The molecule has 0 fully saturated rings. The summed E-state index contributed by atoms with van der Waals surface area (Å²) in [5.41, 5.74) is 6.30. The molecule has 0 saturated carbocycles. The minimum atomic E-state index is -0.551. The predicted octanol–water partition coefficient (Wildman–Crippen LogP) is 2.33. The van der Waals surface area contributed by atoms with Gasteiger partial charge in [0.25, 0.3) is 5.91 Å². The van der Waals surface area contributed by atoms with E-state index in [4.69, 9.17) is 10.5 Å². The van der Waals surface area contributed by atoms with Crippen LogP contribution in [0.15, 0.2) is 18.2 Å². The maximum absolute atomic E-state index is 13.5.